The second-order valence-corrected chi connectivity index (χ2v) is 6.23. The maximum Gasteiger partial charge on any atom is 0.0506 e. The van der Waals surface area contributed by atoms with Crippen molar-refractivity contribution in [1.29, 1.82) is 0 Å². The zero-order valence-electron chi connectivity index (χ0n) is 10.4. The van der Waals surface area contributed by atoms with Gasteiger partial charge >= 0.3 is 0 Å². The molecule has 2 aliphatic rings. The van der Waals surface area contributed by atoms with Crippen molar-refractivity contribution in [2.45, 2.75) is 49.8 Å². The molecule has 0 aromatic heterocycles. The summed E-state index contributed by atoms with van der Waals surface area (Å²) in [6, 6.07) is 0.755. The molecule has 3 heteroatoms. The van der Waals surface area contributed by atoms with Gasteiger partial charge in [-0.25, -0.2) is 0 Å². The molecule has 3 unspecified atom stereocenters. The van der Waals surface area contributed by atoms with Gasteiger partial charge < -0.3 is 10.1 Å². The first-order valence-electron chi connectivity index (χ1n) is 6.74. The Bertz CT molecular complexity index is 194. The molecule has 0 amide bonds. The highest BCUT2D eigenvalue weighted by molar-refractivity contribution is 7.99. The molecule has 1 saturated heterocycles. The van der Waals surface area contributed by atoms with Gasteiger partial charge in [0.05, 0.1) is 6.61 Å². The van der Waals surface area contributed by atoms with Gasteiger partial charge in [-0.15, -0.1) is 0 Å². The standard InChI is InChI=1S/C13H25NOS/c1-16-13-7-3-2-6-12(13)14-9-11-5-4-8-15-10-11/h11-14H,2-10H2,1H3. The topological polar surface area (TPSA) is 21.3 Å². The molecule has 0 radical (unpaired) electrons. The minimum atomic E-state index is 0.755. The van der Waals surface area contributed by atoms with E-state index in [9.17, 15) is 0 Å². The summed E-state index contributed by atoms with van der Waals surface area (Å²) in [7, 11) is 0. The van der Waals surface area contributed by atoms with Gasteiger partial charge in [-0.05, 0) is 37.9 Å². The molecular formula is C13H25NOS. The largest absolute Gasteiger partial charge is 0.381 e. The quantitative estimate of drug-likeness (QED) is 0.820. The number of thioether (sulfide) groups is 1. The summed E-state index contributed by atoms with van der Waals surface area (Å²) in [4.78, 5) is 0. The molecule has 0 spiro atoms. The van der Waals surface area contributed by atoms with E-state index in [0.717, 1.165) is 30.4 Å². The average molecular weight is 243 g/mol. The van der Waals surface area contributed by atoms with Crippen LogP contribution >= 0.6 is 11.8 Å². The Morgan fingerprint density at radius 2 is 2.06 bits per heavy atom. The molecule has 1 aliphatic carbocycles. The third kappa shape index (κ3) is 3.64. The number of hydrogen-bond donors (Lipinski definition) is 1. The highest BCUT2D eigenvalue weighted by Gasteiger charge is 2.25. The van der Waals surface area contributed by atoms with Crippen LogP contribution in [0.15, 0.2) is 0 Å². The Labute approximate surface area is 104 Å². The van der Waals surface area contributed by atoms with Crippen molar-refractivity contribution in [3.63, 3.8) is 0 Å². The van der Waals surface area contributed by atoms with Gasteiger partial charge in [0.2, 0.25) is 0 Å². The lowest BCUT2D eigenvalue weighted by molar-refractivity contribution is 0.0534. The van der Waals surface area contributed by atoms with Crippen LogP contribution in [0.1, 0.15) is 38.5 Å². The Morgan fingerprint density at radius 1 is 1.19 bits per heavy atom. The molecule has 1 aliphatic heterocycles. The Hall–Kier alpha value is 0.270. The van der Waals surface area contributed by atoms with E-state index in [1.165, 1.54) is 45.1 Å². The van der Waals surface area contributed by atoms with Crippen LogP contribution in [0, 0.1) is 5.92 Å². The highest BCUT2D eigenvalue weighted by Crippen LogP contribution is 2.27. The lowest BCUT2D eigenvalue weighted by Crippen LogP contribution is -2.43. The minimum absolute atomic E-state index is 0.755. The van der Waals surface area contributed by atoms with Gasteiger partial charge in [-0.1, -0.05) is 12.8 Å². The normalized spacial score (nSPS) is 36.2. The fourth-order valence-corrected chi connectivity index (χ4v) is 3.86. The molecule has 3 atom stereocenters. The summed E-state index contributed by atoms with van der Waals surface area (Å²) in [6.07, 6.45) is 10.5. The van der Waals surface area contributed by atoms with E-state index < -0.39 is 0 Å². The Balaban J connectivity index is 1.70. The average Bonchev–Trinajstić information content (AvgIpc) is 2.38. The molecular weight excluding hydrogens is 218 g/mol. The summed E-state index contributed by atoms with van der Waals surface area (Å²) in [5.74, 6) is 0.762. The van der Waals surface area contributed by atoms with Gasteiger partial charge in [0.25, 0.3) is 0 Å². The lowest BCUT2D eigenvalue weighted by atomic mass is 9.94. The number of nitrogens with one attached hydrogen (secondary N) is 1. The van der Waals surface area contributed by atoms with Crippen molar-refractivity contribution >= 4 is 11.8 Å². The molecule has 2 rings (SSSR count). The highest BCUT2D eigenvalue weighted by atomic mass is 32.2. The zero-order valence-corrected chi connectivity index (χ0v) is 11.2. The summed E-state index contributed by atoms with van der Waals surface area (Å²) in [6.45, 7) is 3.12. The van der Waals surface area contributed by atoms with E-state index >= 15 is 0 Å². The fourth-order valence-electron chi connectivity index (χ4n) is 2.90. The van der Waals surface area contributed by atoms with Crippen LogP contribution in [-0.4, -0.2) is 37.3 Å². The van der Waals surface area contributed by atoms with Crippen LogP contribution in [0.4, 0.5) is 0 Å². The van der Waals surface area contributed by atoms with E-state index in [2.05, 4.69) is 11.6 Å². The van der Waals surface area contributed by atoms with E-state index in [1.807, 2.05) is 11.8 Å². The summed E-state index contributed by atoms with van der Waals surface area (Å²) in [5, 5.41) is 4.64. The van der Waals surface area contributed by atoms with E-state index in [1.54, 1.807) is 0 Å². The van der Waals surface area contributed by atoms with Crippen molar-refractivity contribution in [3.8, 4) is 0 Å². The van der Waals surface area contributed by atoms with Gasteiger partial charge in [0.1, 0.15) is 0 Å². The van der Waals surface area contributed by atoms with Crippen LogP contribution < -0.4 is 5.32 Å². The molecule has 1 N–H and O–H groups in total. The van der Waals surface area contributed by atoms with Crippen LogP contribution in [-0.2, 0) is 4.74 Å². The van der Waals surface area contributed by atoms with Crippen molar-refractivity contribution in [3.05, 3.63) is 0 Å². The second kappa shape index (κ2) is 6.87. The molecule has 0 bridgehead atoms. The van der Waals surface area contributed by atoms with E-state index in [-0.39, 0.29) is 0 Å². The molecule has 0 aromatic rings. The van der Waals surface area contributed by atoms with Gasteiger partial charge in [0, 0.05) is 24.4 Å². The van der Waals surface area contributed by atoms with Crippen molar-refractivity contribution in [2.75, 3.05) is 26.0 Å². The maximum absolute atomic E-state index is 5.53. The van der Waals surface area contributed by atoms with E-state index in [0.29, 0.717) is 0 Å². The van der Waals surface area contributed by atoms with Crippen molar-refractivity contribution in [1.82, 2.24) is 5.32 Å². The number of hydrogen-bond acceptors (Lipinski definition) is 3. The third-order valence-electron chi connectivity index (χ3n) is 3.93. The van der Waals surface area contributed by atoms with Crippen LogP contribution in [0.25, 0.3) is 0 Å². The fraction of sp³-hybridized carbons (Fsp3) is 1.00. The predicted octanol–water partition coefficient (Wildman–Crippen LogP) is 2.68. The van der Waals surface area contributed by atoms with Gasteiger partial charge in [0.15, 0.2) is 0 Å². The molecule has 94 valence electrons. The molecule has 16 heavy (non-hydrogen) atoms. The first kappa shape index (κ1) is 12.7. The monoisotopic (exact) mass is 243 g/mol. The van der Waals surface area contributed by atoms with Crippen LogP contribution in [0.2, 0.25) is 0 Å². The Kier molecular flexibility index (Phi) is 5.46. The van der Waals surface area contributed by atoms with Crippen molar-refractivity contribution < 1.29 is 4.74 Å². The summed E-state index contributed by atoms with van der Waals surface area (Å²) in [5.41, 5.74) is 0. The van der Waals surface area contributed by atoms with Crippen LogP contribution in [0.5, 0.6) is 0 Å². The third-order valence-corrected chi connectivity index (χ3v) is 5.10. The molecule has 2 nitrogen and oxygen atoms in total. The maximum atomic E-state index is 5.53. The number of ether oxygens (including phenoxy) is 1. The molecule has 1 heterocycles. The smallest absolute Gasteiger partial charge is 0.0506 e. The summed E-state index contributed by atoms with van der Waals surface area (Å²) >= 11 is 2.05. The molecule has 0 aromatic carbocycles. The lowest BCUT2D eigenvalue weighted by Gasteiger charge is -2.33. The van der Waals surface area contributed by atoms with Crippen molar-refractivity contribution in [2.24, 2.45) is 5.92 Å². The molecule has 1 saturated carbocycles. The second-order valence-electron chi connectivity index (χ2n) is 5.16. The predicted molar refractivity (Wildman–Crippen MR) is 71.1 cm³/mol. The van der Waals surface area contributed by atoms with E-state index in [4.69, 9.17) is 4.74 Å². The summed E-state index contributed by atoms with van der Waals surface area (Å²) < 4.78 is 5.53. The minimum Gasteiger partial charge on any atom is -0.381 e. The zero-order chi connectivity index (χ0) is 11.2. The first-order valence-corrected chi connectivity index (χ1v) is 8.03. The van der Waals surface area contributed by atoms with Crippen LogP contribution in [0.3, 0.4) is 0 Å². The SMILES string of the molecule is CSC1CCCCC1NCC1CCCOC1. The molecule has 2 fully saturated rings. The number of rotatable bonds is 4. The van der Waals surface area contributed by atoms with Gasteiger partial charge in [-0.3, -0.25) is 0 Å². The Morgan fingerprint density at radius 3 is 2.81 bits per heavy atom. The first-order chi connectivity index (χ1) is 7.90. The van der Waals surface area contributed by atoms with Gasteiger partial charge in [-0.2, -0.15) is 11.8 Å².